The Kier molecular flexibility index (Phi) is 2.88. The molecule has 0 saturated carbocycles. The molecule has 0 radical (unpaired) electrons. The molecule has 3 rings (SSSR count). The first kappa shape index (κ1) is 12.2. The predicted molar refractivity (Wildman–Crippen MR) is 68.8 cm³/mol. The zero-order valence-electron chi connectivity index (χ0n) is 10.5. The molecule has 0 unspecified atom stereocenters. The Bertz CT molecular complexity index is 852. The molecule has 0 fully saturated rings. The van der Waals surface area contributed by atoms with Crippen molar-refractivity contribution in [3.8, 4) is 0 Å². The second-order valence-electron chi connectivity index (χ2n) is 3.99. The summed E-state index contributed by atoms with van der Waals surface area (Å²) in [4.78, 5) is 31.6. The van der Waals surface area contributed by atoms with Gasteiger partial charge in [-0.1, -0.05) is 0 Å². The maximum Gasteiger partial charge on any atom is 0.280 e. The molecule has 102 valence electrons. The van der Waals surface area contributed by atoms with E-state index in [0.717, 1.165) is 4.68 Å². The Morgan fingerprint density at radius 2 is 2.30 bits per heavy atom. The topological polar surface area (TPSA) is 103 Å². The lowest BCUT2D eigenvalue weighted by Gasteiger charge is -2.08. The number of nitrogens with zero attached hydrogens (tertiary/aromatic N) is 5. The third-order valence-electron chi connectivity index (χ3n) is 2.69. The Hall–Kier alpha value is -2.81. The molecule has 20 heavy (non-hydrogen) atoms. The van der Waals surface area contributed by atoms with Gasteiger partial charge in [0.25, 0.3) is 17.2 Å². The second-order valence-corrected chi connectivity index (χ2v) is 3.99. The third kappa shape index (κ3) is 1.89. The van der Waals surface area contributed by atoms with E-state index >= 15 is 0 Å². The minimum absolute atomic E-state index is 0.134. The lowest BCUT2D eigenvalue weighted by Crippen LogP contribution is -2.34. The molecule has 0 aliphatic rings. The first-order chi connectivity index (χ1) is 9.70. The van der Waals surface area contributed by atoms with E-state index in [4.69, 9.17) is 0 Å². The van der Waals surface area contributed by atoms with Crippen LogP contribution < -0.4 is 11.0 Å². The molecule has 0 aliphatic heterocycles. The third-order valence-corrected chi connectivity index (χ3v) is 2.69. The van der Waals surface area contributed by atoms with Crippen LogP contribution in [0, 0.1) is 0 Å². The smallest absolute Gasteiger partial charge is 0.280 e. The van der Waals surface area contributed by atoms with Crippen LogP contribution >= 0.6 is 0 Å². The molecule has 3 heterocycles. The van der Waals surface area contributed by atoms with E-state index in [-0.39, 0.29) is 6.61 Å². The van der Waals surface area contributed by atoms with Crippen molar-refractivity contribution in [2.45, 2.75) is 0 Å². The molecule has 1 N–H and O–H groups in total. The van der Waals surface area contributed by atoms with Crippen LogP contribution in [-0.2, 0) is 9.53 Å². The zero-order chi connectivity index (χ0) is 14.1. The van der Waals surface area contributed by atoms with Crippen LogP contribution in [0.5, 0.6) is 0 Å². The van der Waals surface area contributed by atoms with E-state index < -0.39 is 11.5 Å². The van der Waals surface area contributed by atoms with Gasteiger partial charge in [0.2, 0.25) is 0 Å². The van der Waals surface area contributed by atoms with E-state index in [2.05, 4.69) is 25.2 Å². The van der Waals surface area contributed by atoms with Gasteiger partial charge in [-0.3, -0.25) is 15.0 Å². The van der Waals surface area contributed by atoms with Gasteiger partial charge in [-0.2, -0.15) is 14.6 Å². The average molecular weight is 274 g/mol. The van der Waals surface area contributed by atoms with Gasteiger partial charge in [0.05, 0.1) is 10.9 Å². The number of carbonyl (C=O) groups is 1. The Balaban J connectivity index is 2.13. The zero-order valence-corrected chi connectivity index (χ0v) is 10.5. The number of fused-ring (bicyclic) bond motifs is 3. The van der Waals surface area contributed by atoms with Crippen molar-refractivity contribution in [1.29, 1.82) is 0 Å². The highest BCUT2D eigenvalue weighted by molar-refractivity contribution is 5.85. The Morgan fingerprint density at radius 1 is 1.45 bits per heavy atom. The summed E-state index contributed by atoms with van der Waals surface area (Å²) in [5, 5.41) is 4.32. The summed E-state index contributed by atoms with van der Waals surface area (Å²) in [5.74, 6) is -0.0261. The van der Waals surface area contributed by atoms with Gasteiger partial charge in [0.1, 0.15) is 12.9 Å². The molecule has 0 aliphatic carbocycles. The van der Waals surface area contributed by atoms with E-state index in [0.29, 0.717) is 16.7 Å². The molecule has 9 nitrogen and oxygen atoms in total. The number of carbonyl (C=O) groups excluding carboxylic acids is 1. The highest BCUT2D eigenvalue weighted by Crippen LogP contribution is 2.08. The molecule has 0 bridgehead atoms. The van der Waals surface area contributed by atoms with Crippen molar-refractivity contribution in [3.05, 3.63) is 35.1 Å². The number of pyridine rings is 1. The van der Waals surface area contributed by atoms with E-state index in [1.54, 1.807) is 6.07 Å². The van der Waals surface area contributed by atoms with Crippen LogP contribution in [0.1, 0.15) is 0 Å². The first-order valence-electron chi connectivity index (χ1n) is 5.69. The van der Waals surface area contributed by atoms with Crippen LogP contribution in [0.2, 0.25) is 0 Å². The van der Waals surface area contributed by atoms with Crippen LogP contribution in [0.4, 0.5) is 0 Å². The second kappa shape index (κ2) is 4.70. The summed E-state index contributed by atoms with van der Waals surface area (Å²) in [7, 11) is 1.40. The SMILES string of the molecule is COCC(=O)Nn1ccc2c(cnc3ncnn32)c1=O. The molecular weight excluding hydrogens is 264 g/mol. The summed E-state index contributed by atoms with van der Waals surface area (Å²) < 4.78 is 7.22. The number of hydrogen-bond donors (Lipinski definition) is 1. The van der Waals surface area contributed by atoms with Crippen LogP contribution in [-0.4, -0.2) is 43.9 Å². The maximum atomic E-state index is 12.2. The number of amides is 1. The fraction of sp³-hybridized carbons (Fsp3) is 0.182. The van der Waals surface area contributed by atoms with Gasteiger partial charge in [0, 0.05) is 19.5 Å². The van der Waals surface area contributed by atoms with Gasteiger partial charge in [-0.05, 0) is 6.07 Å². The fourth-order valence-electron chi connectivity index (χ4n) is 1.85. The van der Waals surface area contributed by atoms with Crippen LogP contribution in [0.25, 0.3) is 16.7 Å². The Morgan fingerprint density at radius 3 is 3.10 bits per heavy atom. The van der Waals surface area contributed by atoms with Crippen molar-refractivity contribution >= 4 is 22.6 Å². The standard InChI is InChI=1S/C11H10N6O3/c1-20-5-9(18)15-16-3-2-8-7(10(16)19)4-12-11-13-6-14-17(8)11/h2-4,6H,5H2,1H3,(H,15,18). The first-order valence-corrected chi connectivity index (χ1v) is 5.69. The average Bonchev–Trinajstić information content (AvgIpc) is 2.90. The summed E-state index contributed by atoms with van der Waals surface area (Å²) in [6.07, 6.45) is 4.20. The number of aromatic nitrogens is 5. The molecule has 1 amide bonds. The van der Waals surface area contributed by atoms with Gasteiger partial charge >= 0.3 is 0 Å². The quantitative estimate of drug-likeness (QED) is 0.667. The number of rotatable bonds is 3. The lowest BCUT2D eigenvalue weighted by atomic mass is 10.3. The molecule has 0 saturated heterocycles. The van der Waals surface area contributed by atoms with Crippen LogP contribution in [0.3, 0.4) is 0 Å². The molecule has 0 atom stereocenters. The fourth-order valence-corrected chi connectivity index (χ4v) is 1.85. The lowest BCUT2D eigenvalue weighted by molar-refractivity contribution is -0.120. The molecule has 0 spiro atoms. The Labute approximate surface area is 111 Å². The summed E-state index contributed by atoms with van der Waals surface area (Å²) >= 11 is 0. The monoisotopic (exact) mass is 274 g/mol. The van der Waals surface area contributed by atoms with E-state index in [1.807, 2.05) is 0 Å². The van der Waals surface area contributed by atoms with Crippen molar-refractivity contribution in [3.63, 3.8) is 0 Å². The maximum absolute atomic E-state index is 12.2. The van der Waals surface area contributed by atoms with Gasteiger partial charge < -0.3 is 4.74 Å². The van der Waals surface area contributed by atoms with Crippen molar-refractivity contribution < 1.29 is 9.53 Å². The summed E-state index contributed by atoms with van der Waals surface area (Å²) in [6, 6.07) is 1.65. The largest absolute Gasteiger partial charge is 0.375 e. The van der Waals surface area contributed by atoms with E-state index in [1.165, 1.54) is 30.3 Å². The number of hydrogen-bond acceptors (Lipinski definition) is 6. The minimum Gasteiger partial charge on any atom is -0.375 e. The summed E-state index contributed by atoms with van der Waals surface area (Å²) in [6.45, 7) is -0.134. The molecule has 3 aromatic rings. The molecule has 3 aromatic heterocycles. The molecular formula is C11H10N6O3. The highest BCUT2D eigenvalue weighted by atomic mass is 16.5. The predicted octanol–water partition coefficient (Wildman–Crippen LogP) is -0.844. The van der Waals surface area contributed by atoms with Crippen LogP contribution in [0.15, 0.2) is 29.6 Å². The van der Waals surface area contributed by atoms with Gasteiger partial charge in [-0.15, -0.1) is 0 Å². The van der Waals surface area contributed by atoms with Gasteiger partial charge in [-0.25, -0.2) is 9.66 Å². The summed E-state index contributed by atoms with van der Waals surface area (Å²) in [5.41, 5.74) is 2.57. The normalized spacial score (nSPS) is 11.1. The number of nitrogens with one attached hydrogen (secondary N) is 1. The van der Waals surface area contributed by atoms with Crippen molar-refractivity contribution in [1.82, 2.24) is 24.3 Å². The molecule has 0 aromatic carbocycles. The molecule has 9 heteroatoms. The van der Waals surface area contributed by atoms with Crippen molar-refractivity contribution in [2.24, 2.45) is 0 Å². The van der Waals surface area contributed by atoms with Crippen molar-refractivity contribution in [2.75, 3.05) is 19.1 Å². The van der Waals surface area contributed by atoms with E-state index in [9.17, 15) is 9.59 Å². The highest BCUT2D eigenvalue weighted by Gasteiger charge is 2.09. The number of methoxy groups -OCH3 is 1. The van der Waals surface area contributed by atoms with Gasteiger partial charge in [0.15, 0.2) is 0 Å². The minimum atomic E-state index is -0.427. The number of ether oxygens (including phenoxy) is 1.